The van der Waals surface area contributed by atoms with Gasteiger partial charge >= 0.3 is 5.97 Å². The molecule has 0 amide bonds. The van der Waals surface area contributed by atoms with Crippen LogP contribution >= 0.6 is 0 Å². The molecular weight excluding hydrogens is 268 g/mol. The molecule has 21 heavy (non-hydrogen) atoms. The number of ether oxygens (including phenoxy) is 2. The van der Waals surface area contributed by atoms with Gasteiger partial charge in [-0.1, -0.05) is 6.07 Å². The molecule has 5 heteroatoms. The van der Waals surface area contributed by atoms with E-state index in [9.17, 15) is 4.79 Å². The van der Waals surface area contributed by atoms with Crippen LogP contribution in [0.3, 0.4) is 0 Å². The lowest BCUT2D eigenvalue weighted by Gasteiger charge is -2.07. The van der Waals surface area contributed by atoms with E-state index in [2.05, 4.69) is 4.98 Å². The number of nitrogens with zero attached hydrogens (tertiary/aromatic N) is 2. The van der Waals surface area contributed by atoms with Crippen molar-refractivity contribution in [3.63, 3.8) is 0 Å². The molecular formula is C16H14N2O3. The Kier molecular flexibility index (Phi) is 3.31. The smallest absolute Gasteiger partial charge is 0.338 e. The molecule has 0 aliphatic heterocycles. The minimum atomic E-state index is -0.370. The van der Waals surface area contributed by atoms with Crippen molar-refractivity contribution in [1.29, 1.82) is 0 Å². The summed E-state index contributed by atoms with van der Waals surface area (Å²) in [6.45, 7) is 0. The van der Waals surface area contributed by atoms with Gasteiger partial charge < -0.3 is 14.0 Å². The number of aromatic nitrogens is 2. The van der Waals surface area contributed by atoms with Crippen molar-refractivity contribution in [1.82, 2.24) is 9.55 Å². The van der Waals surface area contributed by atoms with Gasteiger partial charge in [0.25, 0.3) is 0 Å². The number of rotatable bonds is 3. The molecule has 3 rings (SSSR count). The van der Waals surface area contributed by atoms with Gasteiger partial charge in [-0.25, -0.2) is 9.78 Å². The van der Waals surface area contributed by atoms with Crippen molar-refractivity contribution in [3.8, 4) is 11.4 Å². The predicted molar refractivity (Wildman–Crippen MR) is 79.0 cm³/mol. The fourth-order valence-electron chi connectivity index (χ4n) is 2.29. The van der Waals surface area contributed by atoms with Crippen LogP contribution in [0.15, 0.2) is 48.8 Å². The van der Waals surface area contributed by atoms with Crippen molar-refractivity contribution in [2.75, 3.05) is 14.2 Å². The van der Waals surface area contributed by atoms with Gasteiger partial charge in [-0.3, -0.25) is 0 Å². The Bertz CT molecular complexity index is 808. The third-order valence-corrected chi connectivity index (χ3v) is 3.32. The molecule has 2 aromatic heterocycles. The number of fused-ring (bicyclic) bond motifs is 1. The van der Waals surface area contributed by atoms with E-state index >= 15 is 0 Å². The summed E-state index contributed by atoms with van der Waals surface area (Å²) in [6, 6.07) is 11.2. The molecule has 2 heterocycles. The molecule has 5 nitrogen and oxygen atoms in total. The highest BCUT2D eigenvalue weighted by Crippen LogP contribution is 2.24. The van der Waals surface area contributed by atoms with E-state index in [0.717, 1.165) is 16.8 Å². The minimum absolute atomic E-state index is 0.370. The van der Waals surface area contributed by atoms with Crippen LogP contribution in [0.4, 0.5) is 0 Å². The van der Waals surface area contributed by atoms with Gasteiger partial charge in [-0.05, 0) is 24.3 Å². The SMILES string of the molecule is COC(=O)c1ccnc2c1ccn2-c1cccc(OC)c1. The van der Waals surface area contributed by atoms with Gasteiger partial charge in [0, 0.05) is 23.8 Å². The molecule has 106 valence electrons. The van der Waals surface area contributed by atoms with Crippen molar-refractivity contribution < 1.29 is 14.3 Å². The first-order valence-electron chi connectivity index (χ1n) is 6.43. The van der Waals surface area contributed by atoms with Gasteiger partial charge in [-0.15, -0.1) is 0 Å². The number of pyridine rings is 1. The minimum Gasteiger partial charge on any atom is -0.497 e. The summed E-state index contributed by atoms with van der Waals surface area (Å²) >= 11 is 0. The largest absolute Gasteiger partial charge is 0.497 e. The van der Waals surface area contributed by atoms with Gasteiger partial charge in [0.1, 0.15) is 11.4 Å². The molecule has 0 aliphatic carbocycles. The maximum Gasteiger partial charge on any atom is 0.338 e. The average molecular weight is 282 g/mol. The van der Waals surface area contributed by atoms with Crippen molar-refractivity contribution in [2.45, 2.75) is 0 Å². The monoisotopic (exact) mass is 282 g/mol. The lowest BCUT2D eigenvalue weighted by Crippen LogP contribution is -2.02. The Morgan fingerprint density at radius 1 is 1.19 bits per heavy atom. The summed E-state index contributed by atoms with van der Waals surface area (Å²) in [5.74, 6) is 0.393. The van der Waals surface area contributed by atoms with Gasteiger partial charge in [0.2, 0.25) is 0 Å². The zero-order valence-electron chi connectivity index (χ0n) is 11.7. The molecule has 1 aromatic carbocycles. The third kappa shape index (κ3) is 2.23. The highest BCUT2D eigenvalue weighted by atomic mass is 16.5. The van der Waals surface area contributed by atoms with Crippen molar-refractivity contribution in [3.05, 3.63) is 54.4 Å². The number of hydrogen-bond acceptors (Lipinski definition) is 4. The van der Waals surface area contributed by atoms with E-state index in [1.54, 1.807) is 19.4 Å². The summed E-state index contributed by atoms with van der Waals surface area (Å²) < 4.78 is 11.9. The van der Waals surface area contributed by atoms with E-state index in [1.807, 2.05) is 41.1 Å². The van der Waals surface area contributed by atoms with Crippen LogP contribution in [0.25, 0.3) is 16.7 Å². The second-order valence-corrected chi connectivity index (χ2v) is 4.47. The van der Waals surface area contributed by atoms with E-state index in [4.69, 9.17) is 9.47 Å². The fraction of sp³-hybridized carbons (Fsp3) is 0.125. The second kappa shape index (κ2) is 5.28. The van der Waals surface area contributed by atoms with Gasteiger partial charge in [-0.2, -0.15) is 0 Å². The zero-order valence-corrected chi connectivity index (χ0v) is 11.7. The number of methoxy groups -OCH3 is 2. The Balaban J connectivity index is 2.18. The second-order valence-electron chi connectivity index (χ2n) is 4.47. The number of carbonyl (C=O) groups is 1. The van der Waals surface area contributed by atoms with Gasteiger partial charge in [0.05, 0.1) is 25.5 Å². The first-order chi connectivity index (χ1) is 10.2. The molecule has 0 bridgehead atoms. The van der Waals surface area contributed by atoms with E-state index in [0.29, 0.717) is 11.2 Å². The first-order valence-corrected chi connectivity index (χ1v) is 6.43. The fourth-order valence-corrected chi connectivity index (χ4v) is 2.29. The molecule has 0 fully saturated rings. The number of esters is 1. The maximum absolute atomic E-state index is 11.8. The molecule has 0 aliphatic rings. The predicted octanol–water partition coefficient (Wildman–Crippen LogP) is 2.82. The number of hydrogen-bond donors (Lipinski definition) is 0. The van der Waals surface area contributed by atoms with Crippen LogP contribution in [0.1, 0.15) is 10.4 Å². The van der Waals surface area contributed by atoms with E-state index < -0.39 is 0 Å². The van der Waals surface area contributed by atoms with Gasteiger partial charge in [0.15, 0.2) is 0 Å². The maximum atomic E-state index is 11.8. The lowest BCUT2D eigenvalue weighted by atomic mass is 10.2. The molecule has 0 radical (unpaired) electrons. The Morgan fingerprint density at radius 2 is 2.05 bits per heavy atom. The Hall–Kier alpha value is -2.82. The summed E-state index contributed by atoms with van der Waals surface area (Å²) in [4.78, 5) is 16.2. The third-order valence-electron chi connectivity index (χ3n) is 3.32. The first kappa shape index (κ1) is 13.2. The van der Waals surface area contributed by atoms with Crippen LogP contribution in [0.5, 0.6) is 5.75 Å². The summed E-state index contributed by atoms with van der Waals surface area (Å²) in [5, 5.41) is 0.757. The van der Waals surface area contributed by atoms with Crippen LogP contribution < -0.4 is 4.74 Å². The molecule has 0 saturated carbocycles. The molecule has 0 saturated heterocycles. The highest BCUT2D eigenvalue weighted by Gasteiger charge is 2.14. The Labute approximate surface area is 121 Å². The van der Waals surface area contributed by atoms with E-state index in [1.165, 1.54) is 7.11 Å². The van der Waals surface area contributed by atoms with Crippen molar-refractivity contribution >= 4 is 17.0 Å². The Morgan fingerprint density at radius 3 is 2.81 bits per heavy atom. The normalized spacial score (nSPS) is 10.6. The number of benzene rings is 1. The quantitative estimate of drug-likeness (QED) is 0.693. The van der Waals surface area contributed by atoms with E-state index in [-0.39, 0.29) is 5.97 Å². The lowest BCUT2D eigenvalue weighted by molar-refractivity contribution is 0.0603. The van der Waals surface area contributed by atoms with Crippen LogP contribution in [0.2, 0.25) is 0 Å². The standard InChI is InChI=1S/C16H14N2O3/c1-20-12-5-3-4-11(10-12)18-9-7-13-14(16(19)21-2)6-8-17-15(13)18/h3-10H,1-2H3. The number of carbonyl (C=O) groups excluding carboxylic acids is 1. The van der Waals surface area contributed by atoms with Crippen LogP contribution in [0, 0.1) is 0 Å². The summed E-state index contributed by atoms with van der Waals surface area (Å²) in [6.07, 6.45) is 3.48. The van der Waals surface area contributed by atoms with Crippen molar-refractivity contribution in [2.24, 2.45) is 0 Å². The highest BCUT2D eigenvalue weighted by molar-refractivity contribution is 6.03. The van der Waals surface area contributed by atoms with Crippen LogP contribution in [-0.2, 0) is 4.74 Å². The topological polar surface area (TPSA) is 53.3 Å². The molecule has 0 atom stereocenters. The molecule has 3 aromatic rings. The summed E-state index contributed by atoms with van der Waals surface area (Å²) in [5.41, 5.74) is 2.12. The molecule has 0 N–H and O–H groups in total. The summed E-state index contributed by atoms with van der Waals surface area (Å²) in [7, 11) is 2.99. The molecule has 0 unspecified atom stereocenters. The zero-order chi connectivity index (χ0) is 14.8. The average Bonchev–Trinajstić information content (AvgIpc) is 2.98. The molecule has 0 spiro atoms. The van der Waals surface area contributed by atoms with Crippen LogP contribution in [-0.4, -0.2) is 29.7 Å².